The highest BCUT2D eigenvalue weighted by Crippen LogP contribution is 2.25. The zero-order chi connectivity index (χ0) is 76.2. The minimum absolute atomic E-state index is 0.0400. The van der Waals surface area contributed by atoms with Crippen molar-refractivity contribution in [3.63, 3.8) is 0 Å². The lowest BCUT2D eigenvalue weighted by Gasteiger charge is -2.33. The molecule has 10 amide bonds. The van der Waals surface area contributed by atoms with Gasteiger partial charge in [0.2, 0.25) is 59.1 Å². The third-order valence-corrected chi connectivity index (χ3v) is 18.3. The molecule has 6 aromatic rings. The van der Waals surface area contributed by atoms with Gasteiger partial charge >= 0.3 is 11.9 Å². The Morgan fingerprint density at radius 3 is 1.88 bits per heavy atom. The molecule has 1 aromatic heterocycles. The molecule has 1 saturated heterocycles. The molecule has 17 N–H and O–H groups in total. The van der Waals surface area contributed by atoms with E-state index in [1.165, 1.54) is 66.4 Å². The number of phenolic OH excluding ortho intramolecular Hbond substituents is 1. The molecule has 10 atom stereocenters. The topological polar surface area (TPSA) is 463 Å². The third-order valence-electron chi connectivity index (χ3n) is 18.3. The molecule has 3 heterocycles. The van der Waals surface area contributed by atoms with Crippen molar-refractivity contribution >= 4 is 98.6 Å². The van der Waals surface area contributed by atoms with Crippen molar-refractivity contribution < 1.29 is 77.2 Å². The lowest BCUT2D eigenvalue weighted by molar-refractivity contribution is -0.146. The minimum Gasteiger partial charge on any atom is -0.508 e. The first kappa shape index (κ1) is 79.0. The summed E-state index contributed by atoms with van der Waals surface area (Å²) >= 11 is 0. The van der Waals surface area contributed by atoms with Gasteiger partial charge in [-0.1, -0.05) is 105 Å². The number of para-hydroxylation sites is 1. The Bertz CT molecular complexity index is 4210. The number of likely N-dealkylation sites (N-methyl/N-ethyl adjacent to an activating group) is 1. The van der Waals surface area contributed by atoms with E-state index in [2.05, 4.69) is 47.5 Å². The average molecular weight is 1450 g/mol. The van der Waals surface area contributed by atoms with Gasteiger partial charge in [0.15, 0.2) is 5.96 Å². The second-order valence-corrected chi connectivity index (χ2v) is 26.6. The summed E-state index contributed by atoms with van der Waals surface area (Å²) in [6.45, 7) is 4.51. The molecular formula is C74H90FN15O15. The number of fused-ring (bicyclic) bond motifs is 2. The van der Waals surface area contributed by atoms with Gasteiger partial charge in [0, 0.05) is 82.6 Å². The van der Waals surface area contributed by atoms with Gasteiger partial charge in [-0.2, -0.15) is 0 Å². The molecule has 2 aliphatic rings. The number of aromatic nitrogens is 1. The van der Waals surface area contributed by atoms with E-state index < -0.39 is 150 Å². The molecule has 0 aliphatic carbocycles. The maximum absolute atomic E-state index is 15.5. The highest BCUT2D eigenvalue weighted by atomic mass is 19.1. The van der Waals surface area contributed by atoms with Crippen LogP contribution in [0.3, 0.4) is 0 Å². The number of carbonyl (C=O) groups excluding carboxylic acids is 10. The van der Waals surface area contributed by atoms with Crippen LogP contribution < -0.4 is 54.0 Å². The third kappa shape index (κ3) is 21.9. The van der Waals surface area contributed by atoms with Crippen LogP contribution in [-0.2, 0) is 83.2 Å². The zero-order valence-corrected chi connectivity index (χ0v) is 58.6. The normalized spacial score (nSPS) is 16.3. The molecule has 0 bridgehead atoms. The van der Waals surface area contributed by atoms with Gasteiger partial charge < -0.3 is 89.0 Å². The zero-order valence-electron chi connectivity index (χ0n) is 58.6. The van der Waals surface area contributed by atoms with Crippen LogP contribution in [0.25, 0.3) is 21.7 Å². The maximum atomic E-state index is 15.5. The molecule has 31 heteroatoms. The number of likely N-dealkylation sites (tertiary alicyclic amines) is 1. The summed E-state index contributed by atoms with van der Waals surface area (Å²) in [5.74, 6) is -13.0. The van der Waals surface area contributed by atoms with Crippen LogP contribution in [0.15, 0.2) is 134 Å². The molecule has 30 nitrogen and oxygen atoms in total. The molecule has 1 fully saturated rings. The number of hydrogen-bond acceptors (Lipinski definition) is 15. The van der Waals surface area contributed by atoms with Gasteiger partial charge in [-0.05, 0) is 108 Å². The van der Waals surface area contributed by atoms with Crippen molar-refractivity contribution in [2.45, 2.75) is 152 Å². The molecule has 5 aromatic carbocycles. The largest absolute Gasteiger partial charge is 0.508 e. The first-order chi connectivity index (χ1) is 50.1. The van der Waals surface area contributed by atoms with Crippen LogP contribution in [0.1, 0.15) is 88.0 Å². The Hall–Kier alpha value is -11.8. The van der Waals surface area contributed by atoms with Crippen molar-refractivity contribution in [2.75, 3.05) is 26.7 Å². The quantitative estimate of drug-likeness (QED) is 0.0153. The Labute approximate surface area is 604 Å². The number of rotatable bonds is 35. The standard InChI is InChI=1S/C74H90FN15O15/c1-41(2)32-54(64(95)81-53(16-9-29-79-74(77)78)72(103)90-31-11-18-61(90)69(100)87-59(39-76)73(104)105)82-66(97)56(35-45-19-24-46-12-5-6-13-47(46)33-45)85-70(101)62(36-44-22-27-50(92)28-23-44)88(4)71(102)58(38-63(93)94)86-67(98)57(37-48-40-80-52-15-8-7-14-51(48)52)83-65(96)55(34-43-20-25-49(75)26-21-43)84-68(99)60-17-10-30-89(60)42(3)91/h5-8,10,12-15,19-28,30,33,40-41,53-62,80,92H,9,11,16-18,29,31-32,34-39,76H2,1-4H3,(H,81,95)(H,82,97)(H,83,96)(H,84,99)(H,85,101)(H,86,98)(H,87,100)(H,93,94)(H,104,105)(H4,77,78,79)/t53-,54-,55+,56+,57+,58-,59-,60-,61-,62-/m0/s1. The molecule has 0 saturated carbocycles. The van der Waals surface area contributed by atoms with Crippen LogP contribution in [0.5, 0.6) is 5.75 Å². The number of H-pyrrole nitrogens is 1. The number of carboxylic acid groups (broad SMARTS) is 2. The summed E-state index contributed by atoms with van der Waals surface area (Å²) in [7, 11) is 1.17. The molecule has 2 aliphatic heterocycles. The highest BCUT2D eigenvalue weighted by Gasteiger charge is 2.42. The summed E-state index contributed by atoms with van der Waals surface area (Å²) in [5, 5.41) is 61.7. The molecule has 0 radical (unpaired) electrons. The van der Waals surface area contributed by atoms with Crippen LogP contribution in [0, 0.1) is 17.1 Å². The second-order valence-electron chi connectivity index (χ2n) is 26.6. The number of benzene rings is 5. The van der Waals surface area contributed by atoms with Gasteiger partial charge in [-0.25, -0.2) is 9.18 Å². The smallest absolute Gasteiger partial charge is 0.327 e. The van der Waals surface area contributed by atoms with E-state index in [0.717, 1.165) is 27.8 Å². The monoisotopic (exact) mass is 1450 g/mol. The van der Waals surface area contributed by atoms with E-state index in [1.807, 2.05) is 18.2 Å². The van der Waals surface area contributed by atoms with Gasteiger partial charge in [-0.3, -0.25) is 58.1 Å². The fourth-order valence-corrected chi connectivity index (χ4v) is 12.8. The van der Waals surface area contributed by atoms with E-state index >= 15 is 19.2 Å². The molecular weight excluding hydrogens is 1360 g/mol. The Morgan fingerprint density at radius 2 is 1.22 bits per heavy atom. The van der Waals surface area contributed by atoms with Gasteiger partial charge in [-0.15, -0.1) is 0 Å². The van der Waals surface area contributed by atoms with Gasteiger partial charge in [0.1, 0.15) is 72.0 Å². The fourth-order valence-electron chi connectivity index (χ4n) is 12.8. The SMILES string of the molecule is CC(=O)N1C=CC[C@H]1C(=O)N[C@H](Cc1ccc(F)cc1)C(=O)N[C@H](Cc1c[nH]c2ccccc12)C(=O)N[C@@H](CC(=O)O)C(=O)N(C)[C@@H](Cc1ccc(O)cc1)C(=O)N[C@H](Cc1ccc2ccccc2c1)C(=O)N[C@@H](CC(C)C)C(=O)N[C@@H](CCCNC(=N)N)C(=O)N1CCC[C@H]1C(=O)N[C@@H](CN)C(=O)O. The highest BCUT2D eigenvalue weighted by molar-refractivity contribution is 6.00. The predicted octanol–water partition coefficient (Wildman–Crippen LogP) is 1.61. The van der Waals surface area contributed by atoms with Crippen molar-refractivity contribution in [2.24, 2.45) is 17.4 Å². The van der Waals surface area contributed by atoms with Crippen molar-refractivity contribution in [3.8, 4) is 5.75 Å². The molecule has 0 spiro atoms. The number of aromatic amines is 1. The second kappa shape index (κ2) is 36.9. The number of aliphatic carboxylic acids is 2. The molecule has 105 heavy (non-hydrogen) atoms. The number of amides is 10. The summed E-state index contributed by atoms with van der Waals surface area (Å²) in [5.41, 5.74) is 13.5. The summed E-state index contributed by atoms with van der Waals surface area (Å²) in [6, 6.07) is 15.5. The maximum Gasteiger partial charge on any atom is 0.327 e. The van der Waals surface area contributed by atoms with Gasteiger partial charge in [0.05, 0.1) is 6.42 Å². The Balaban J connectivity index is 1.10. The summed E-state index contributed by atoms with van der Waals surface area (Å²) < 4.78 is 14.2. The number of nitrogens with two attached hydrogens (primary N) is 2. The van der Waals surface area contributed by atoms with Crippen LogP contribution in [-0.4, -0.2) is 199 Å². The Kier molecular flexibility index (Phi) is 27.8. The van der Waals surface area contributed by atoms with E-state index in [0.29, 0.717) is 39.6 Å². The summed E-state index contributed by atoms with van der Waals surface area (Å²) in [4.78, 5) is 177. The number of phenols is 1. The molecule has 8 rings (SSSR count). The van der Waals surface area contributed by atoms with E-state index in [9.17, 15) is 58.1 Å². The van der Waals surface area contributed by atoms with E-state index in [-0.39, 0.29) is 88.5 Å². The molecule has 0 unspecified atom stereocenters. The van der Waals surface area contributed by atoms with Crippen molar-refractivity contribution in [1.82, 2.24) is 62.2 Å². The first-order valence-corrected chi connectivity index (χ1v) is 34.5. The Morgan fingerprint density at radius 1 is 0.657 bits per heavy atom. The van der Waals surface area contributed by atoms with E-state index in [4.69, 9.17) is 16.9 Å². The minimum atomic E-state index is -2.00. The lowest BCUT2D eigenvalue weighted by atomic mass is 9.98. The number of hydrogen-bond donors (Lipinski definition) is 15. The average Bonchev–Trinajstić information content (AvgIpc) is 1.38. The predicted molar refractivity (Wildman–Crippen MR) is 384 cm³/mol. The summed E-state index contributed by atoms with van der Waals surface area (Å²) in [6.07, 6.45) is 3.02. The van der Waals surface area contributed by atoms with E-state index in [1.54, 1.807) is 74.7 Å². The number of carbonyl (C=O) groups is 12. The lowest BCUT2D eigenvalue weighted by Crippen LogP contribution is -2.61. The number of guanidine groups is 1. The first-order valence-electron chi connectivity index (χ1n) is 34.5. The number of nitrogens with one attached hydrogen (secondary N) is 10. The fraction of sp³-hybridized carbons (Fsp3) is 0.392. The van der Waals surface area contributed by atoms with Crippen LogP contribution in [0.4, 0.5) is 4.39 Å². The number of carboxylic acids is 2. The van der Waals surface area contributed by atoms with Crippen molar-refractivity contribution in [1.29, 1.82) is 5.41 Å². The molecule has 558 valence electrons. The number of nitrogens with zero attached hydrogens (tertiary/aromatic N) is 3. The van der Waals surface area contributed by atoms with Crippen molar-refractivity contribution in [3.05, 3.63) is 162 Å². The number of aromatic hydroxyl groups is 1. The van der Waals surface area contributed by atoms with Crippen LogP contribution in [0.2, 0.25) is 0 Å². The van der Waals surface area contributed by atoms with Gasteiger partial charge in [0.25, 0.3) is 0 Å². The van der Waals surface area contributed by atoms with Crippen LogP contribution >= 0.6 is 0 Å². The number of halogens is 1.